The average Bonchev–Trinajstić information content (AvgIpc) is 3.29. The number of rotatable bonds is 8. The van der Waals surface area contributed by atoms with Gasteiger partial charge >= 0.3 is 0 Å². The third-order valence-electron chi connectivity index (χ3n) is 3.89. The number of anilines is 1. The van der Waals surface area contributed by atoms with Gasteiger partial charge in [-0.3, -0.25) is 9.59 Å². The van der Waals surface area contributed by atoms with E-state index < -0.39 is 11.7 Å². The minimum atomic E-state index is -0.592. The maximum absolute atomic E-state index is 13.9. The van der Waals surface area contributed by atoms with Gasteiger partial charge in [0.25, 0.3) is 5.91 Å². The molecule has 3 aromatic rings. The Morgan fingerprint density at radius 2 is 2.14 bits per heavy atom. The van der Waals surface area contributed by atoms with E-state index in [1.165, 1.54) is 23.5 Å². The third kappa shape index (κ3) is 5.71. The fourth-order valence-electron chi connectivity index (χ4n) is 2.64. The van der Waals surface area contributed by atoms with Crippen LogP contribution in [0.3, 0.4) is 0 Å². The molecule has 0 bridgehead atoms. The lowest BCUT2D eigenvalue weighted by Crippen LogP contribution is -2.25. The van der Waals surface area contributed by atoms with Gasteiger partial charge in [0.15, 0.2) is 0 Å². The summed E-state index contributed by atoms with van der Waals surface area (Å²) in [6.07, 6.45) is 6.05. The van der Waals surface area contributed by atoms with Gasteiger partial charge in [0.2, 0.25) is 5.91 Å². The molecular weight excluding hydrogens is 381 g/mol. The summed E-state index contributed by atoms with van der Waals surface area (Å²) in [7, 11) is 0. The maximum atomic E-state index is 13.9. The molecule has 0 radical (unpaired) electrons. The number of carbonyl (C=O) groups excluding carboxylic acids is 2. The molecule has 0 aliphatic carbocycles. The van der Waals surface area contributed by atoms with Crippen molar-refractivity contribution in [2.24, 2.45) is 0 Å². The first-order valence-electron chi connectivity index (χ1n) is 8.75. The van der Waals surface area contributed by atoms with Gasteiger partial charge in [-0.1, -0.05) is 0 Å². The lowest BCUT2D eigenvalue weighted by Gasteiger charge is -2.09. The number of nitrogens with one attached hydrogen (secondary N) is 2. The molecule has 2 amide bonds. The molecule has 1 aromatic carbocycles. The lowest BCUT2D eigenvalue weighted by atomic mass is 10.1. The summed E-state index contributed by atoms with van der Waals surface area (Å²) in [6, 6.07) is 3.78. The van der Waals surface area contributed by atoms with Crippen molar-refractivity contribution in [3.8, 4) is 0 Å². The third-order valence-corrected chi connectivity index (χ3v) is 4.71. The monoisotopic (exact) mass is 401 g/mol. The molecule has 2 aromatic heterocycles. The molecule has 7 nitrogen and oxygen atoms in total. The van der Waals surface area contributed by atoms with E-state index in [1.54, 1.807) is 12.5 Å². The van der Waals surface area contributed by atoms with Crippen LogP contribution in [-0.4, -0.2) is 32.9 Å². The number of thiazole rings is 1. The zero-order valence-electron chi connectivity index (χ0n) is 15.3. The summed E-state index contributed by atoms with van der Waals surface area (Å²) in [5.74, 6) is -1.30. The van der Waals surface area contributed by atoms with E-state index in [4.69, 9.17) is 0 Å². The summed E-state index contributed by atoms with van der Waals surface area (Å²) < 4.78 is 15.8. The molecule has 9 heteroatoms. The first-order valence-corrected chi connectivity index (χ1v) is 9.63. The van der Waals surface area contributed by atoms with Gasteiger partial charge in [-0.05, 0) is 31.5 Å². The molecule has 2 N–H and O–H groups in total. The van der Waals surface area contributed by atoms with Gasteiger partial charge in [-0.15, -0.1) is 11.3 Å². The van der Waals surface area contributed by atoms with Crippen molar-refractivity contribution >= 4 is 28.8 Å². The fourth-order valence-corrected chi connectivity index (χ4v) is 3.25. The van der Waals surface area contributed by atoms with Crippen LogP contribution in [0.2, 0.25) is 0 Å². The molecule has 0 aliphatic rings. The second-order valence-corrected chi connectivity index (χ2v) is 7.28. The molecule has 2 heterocycles. The molecular formula is C19H20FN5O2S. The summed E-state index contributed by atoms with van der Waals surface area (Å²) in [6.45, 7) is 3.03. The van der Waals surface area contributed by atoms with E-state index in [0.29, 0.717) is 18.7 Å². The highest BCUT2D eigenvalue weighted by Crippen LogP contribution is 2.15. The number of aromatic nitrogens is 3. The van der Waals surface area contributed by atoms with E-state index >= 15 is 0 Å². The van der Waals surface area contributed by atoms with Gasteiger partial charge in [0.1, 0.15) is 5.82 Å². The Bertz CT molecular complexity index is 955. The van der Waals surface area contributed by atoms with E-state index in [2.05, 4.69) is 20.6 Å². The number of imidazole rings is 1. The molecule has 0 spiro atoms. The number of hydrogen-bond donors (Lipinski definition) is 2. The summed E-state index contributed by atoms with van der Waals surface area (Å²) in [5, 5.41) is 8.05. The van der Waals surface area contributed by atoms with E-state index in [9.17, 15) is 14.0 Å². The van der Waals surface area contributed by atoms with Crippen LogP contribution < -0.4 is 10.6 Å². The minimum Gasteiger partial charge on any atom is -0.352 e. The van der Waals surface area contributed by atoms with Gasteiger partial charge in [-0.2, -0.15) is 0 Å². The highest BCUT2D eigenvalue weighted by Gasteiger charge is 2.12. The van der Waals surface area contributed by atoms with Gasteiger partial charge in [0, 0.05) is 42.1 Å². The molecule has 0 saturated heterocycles. The Hall–Kier alpha value is -3.07. The van der Waals surface area contributed by atoms with Crippen molar-refractivity contribution in [3.05, 3.63) is 64.4 Å². The van der Waals surface area contributed by atoms with Crippen LogP contribution in [0.5, 0.6) is 0 Å². The van der Waals surface area contributed by atoms with Crippen LogP contribution in [0.15, 0.2) is 42.3 Å². The Morgan fingerprint density at radius 1 is 1.29 bits per heavy atom. The fraction of sp³-hybridized carbons (Fsp3) is 0.263. The number of nitrogens with zero attached hydrogens (tertiary/aromatic N) is 3. The average molecular weight is 401 g/mol. The molecule has 0 saturated carbocycles. The Morgan fingerprint density at radius 3 is 2.86 bits per heavy atom. The molecule has 0 unspecified atom stereocenters. The Balaban J connectivity index is 1.54. The SMILES string of the molecule is Cc1nc(CC(=O)Nc2cc(F)cc(C(=O)NCCCn3ccnc3)c2)cs1. The predicted molar refractivity (Wildman–Crippen MR) is 105 cm³/mol. The van der Waals surface area contributed by atoms with Crippen LogP contribution in [0.1, 0.15) is 27.5 Å². The highest BCUT2D eigenvalue weighted by molar-refractivity contribution is 7.09. The molecule has 0 atom stereocenters. The van der Waals surface area contributed by atoms with Crippen molar-refractivity contribution in [1.29, 1.82) is 0 Å². The van der Waals surface area contributed by atoms with Gasteiger partial charge in [0.05, 0.1) is 23.4 Å². The molecule has 0 aliphatic heterocycles. The normalized spacial score (nSPS) is 10.6. The number of aryl methyl sites for hydroxylation is 2. The predicted octanol–water partition coefficient (Wildman–Crippen LogP) is 2.79. The van der Waals surface area contributed by atoms with Crippen LogP contribution in [0.25, 0.3) is 0 Å². The van der Waals surface area contributed by atoms with Crippen molar-refractivity contribution in [3.63, 3.8) is 0 Å². The smallest absolute Gasteiger partial charge is 0.251 e. The van der Waals surface area contributed by atoms with E-state index in [0.717, 1.165) is 17.6 Å². The van der Waals surface area contributed by atoms with E-state index in [1.807, 2.05) is 23.1 Å². The minimum absolute atomic E-state index is 0.0939. The molecule has 146 valence electrons. The van der Waals surface area contributed by atoms with Crippen molar-refractivity contribution in [2.45, 2.75) is 26.3 Å². The van der Waals surface area contributed by atoms with Crippen LogP contribution in [-0.2, 0) is 17.8 Å². The number of carbonyl (C=O) groups is 2. The molecule has 3 rings (SSSR count). The molecule has 28 heavy (non-hydrogen) atoms. The zero-order chi connectivity index (χ0) is 19.9. The lowest BCUT2D eigenvalue weighted by molar-refractivity contribution is -0.115. The topological polar surface area (TPSA) is 88.9 Å². The Labute approximate surface area is 165 Å². The summed E-state index contributed by atoms with van der Waals surface area (Å²) in [5.41, 5.74) is 1.05. The number of amides is 2. The molecule has 0 fully saturated rings. The maximum Gasteiger partial charge on any atom is 0.251 e. The van der Waals surface area contributed by atoms with Crippen LogP contribution in [0.4, 0.5) is 10.1 Å². The largest absolute Gasteiger partial charge is 0.352 e. The Kier molecular flexibility index (Phi) is 6.49. The van der Waals surface area contributed by atoms with Crippen molar-refractivity contribution < 1.29 is 14.0 Å². The zero-order valence-corrected chi connectivity index (χ0v) is 16.1. The second kappa shape index (κ2) is 9.23. The van der Waals surface area contributed by atoms with Gasteiger partial charge < -0.3 is 15.2 Å². The first-order chi connectivity index (χ1) is 13.5. The summed E-state index contributed by atoms with van der Waals surface area (Å²) in [4.78, 5) is 32.6. The first kappa shape index (κ1) is 19.7. The number of halogens is 1. The highest BCUT2D eigenvalue weighted by atomic mass is 32.1. The standard InChI is InChI=1S/C19H20FN5O2S/c1-13-23-17(11-28-13)10-18(26)24-16-8-14(7-15(20)9-16)19(27)22-3-2-5-25-6-4-21-12-25/h4,6-9,11-12H,2-3,5,10H2,1H3,(H,22,27)(H,24,26). The number of hydrogen-bond acceptors (Lipinski definition) is 5. The van der Waals surface area contributed by atoms with Crippen LogP contribution in [0, 0.1) is 12.7 Å². The van der Waals surface area contributed by atoms with Crippen molar-refractivity contribution in [2.75, 3.05) is 11.9 Å². The number of benzene rings is 1. The summed E-state index contributed by atoms with van der Waals surface area (Å²) >= 11 is 1.46. The van der Waals surface area contributed by atoms with E-state index in [-0.39, 0.29) is 23.6 Å². The quantitative estimate of drug-likeness (QED) is 0.568. The van der Waals surface area contributed by atoms with Crippen LogP contribution >= 0.6 is 11.3 Å². The van der Waals surface area contributed by atoms with Gasteiger partial charge in [-0.25, -0.2) is 14.4 Å². The second-order valence-electron chi connectivity index (χ2n) is 6.22. The van der Waals surface area contributed by atoms with Crippen molar-refractivity contribution in [1.82, 2.24) is 19.9 Å².